The number of aryl methyl sites for hydroxylation is 1. The van der Waals surface area contributed by atoms with Crippen molar-refractivity contribution < 1.29 is 18.7 Å². The van der Waals surface area contributed by atoms with Gasteiger partial charge in [0.25, 0.3) is 5.91 Å². The van der Waals surface area contributed by atoms with Crippen molar-refractivity contribution in [3.05, 3.63) is 47.7 Å². The monoisotopic (exact) mass is 365 g/mol. The molecule has 1 amide bonds. The van der Waals surface area contributed by atoms with E-state index < -0.39 is 5.97 Å². The number of ether oxygens (including phenoxy) is 1. The molecule has 0 bridgehead atoms. The van der Waals surface area contributed by atoms with Crippen LogP contribution in [0.25, 0.3) is 21.7 Å². The van der Waals surface area contributed by atoms with Crippen molar-refractivity contribution in [3.8, 4) is 0 Å². The third kappa shape index (κ3) is 3.29. The second kappa shape index (κ2) is 7.06. The van der Waals surface area contributed by atoms with Gasteiger partial charge in [-0.1, -0.05) is 43.3 Å². The number of carbonyl (C=O) groups is 2. The molecule has 3 aromatic rings. The van der Waals surface area contributed by atoms with E-state index in [9.17, 15) is 9.59 Å². The number of furan rings is 1. The molecule has 0 saturated carbocycles. The van der Waals surface area contributed by atoms with E-state index in [1.165, 1.54) is 0 Å². The second-order valence-corrected chi connectivity index (χ2v) is 7.38. The Morgan fingerprint density at radius 1 is 1.19 bits per heavy atom. The molecule has 0 radical (unpaired) electrons. The van der Waals surface area contributed by atoms with Crippen molar-refractivity contribution in [3.63, 3.8) is 0 Å². The topological polar surface area (TPSA) is 59.8 Å². The molecule has 1 atom stereocenters. The van der Waals surface area contributed by atoms with Gasteiger partial charge in [-0.05, 0) is 31.1 Å². The van der Waals surface area contributed by atoms with Crippen LogP contribution in [0.2, 0.25) is 0 Å². The smallest absolute Gasteiger partial charge is 0.375 e. The quantitative estimate of drug-likeness (QED) is 0.649. The van der Waals surface area contributed by atoms with Crippen LogP contribution in [0.5, 0.6) is 0 Å². The molecule has 0 spiro atoms. The number of nitrogens with zero attached hydrogens (tertiary/aromatic N) is 1. The molecule has 27 heavy (non-hydrogen) atoms. The first-order valence-electron chi connectivity index (χ1n) is 9.40. The third-order valence-electron chi connectivity index (χ3n) is 5.35. The summed E-state index contributed by atoms with van der Waals surface area (Å²) in [5.74, 6) is -0.0780. The van der Waals surface area contributed by atoms with Gasteiger partial charge in [-0.15, -0.1) is 0 Å². The molecule has 0 aliphatic carbocycles. The molecule has 140 valence electrons. The summed E-state index contributed by atoms with van der Waals surface area (Å²) in [6.45, 7) is 5.18. The zero-order chi connectivity index (χ0) is 19.0. The van der Waals surface area contributed by atoms with Gasteiger partial charge >= 0.3 is 5.97 Å². The number of esters is 1. The number of hydrogen-bond acceptors (Lipinski definition) is 4. The van der Waals surface area contributed by atoms with Gasteiger partial charge in [-0.3, -0.25) is 4.79 Å². The molecule has 1 saturated heterocycles. The van der Waals surface area contributed by atoms with E-state index in [0.717, 1.165) is 47.7 Å². The SMILES string of the molecule is Cc1c(C(=O)OCC(=O)N2CCC[C@@H](C)C2)oc2c1ccc1ccccc12. The maximum absolute atomic E-state index is 12.5. The van der Waals surface area contributed by atoms with E-state index in [-0.39, 0.29) is 18.3 Å². The van der Waals surface area contributed by atoms with E-state index in [4.69, 9.17) is 9.15 Å². The first kappa shape index (κ1) is 17.6. The molecule has 1 aromatic heterocycles. The Balaban J connectivity index is 1.53. The normalized spacial score (nSPS) is 17.4. The Hall–Kier alpha value is -2.82. The highest BCUT2D eigenvalue weighted by molar-refractivity contribution is 6.08. The molecule has 2 heterocycles. The lowest BCUT2D eigenvalue weighted by Crippen LogP contribution is -2.41. The Morgan fingerprint density at radius 3 is 2.81 bits per heavy atom. The predicted molar refractivity (Wildman–Crippen MR) is 104 cm³/mol. The van der Waals surface area contributed by atoms with Crippen molar-refractivity contribution in [1.29, 1.82) is 0 Å². The fraction of sp³-hybridized carbons (Fsp3) is 0.364. The summed E-state index contributed by atoms with van der Waals surface area (Å²) in [6.07, 6.45) is 2.13. The van der Waals surface area contributed by atoms with E-state index in [1.54, 1.807) is 4.90 Å². The van der Waals surface area contributed by atoms with Crippen LogP contribution in [0.3, 0.4) is 0 Å². The van der Waals surface area contributed by atoms with Gasteiger partial charge < -0.3 is 14.1 Å². The summed E-state index contributed by atoms with van der Waals surface area (Å²) in [7, 11) is 0. The van der Waals surface area contributed by atoms with Crippen LogP contribution >= 0.6 is 0 Å². The van der Waals surface area contributed by atoms with Crippen LogP contribution in [0, 0.1) is 12.8 Å². The fourth-order valence-corrected chi connectivity index (χ4v) is 3.84. The lowest BCUT2D eigenvalue weighted by atomic mass is 10.0. The van der Waals surface area contributed by atoms with Crippen molar-refractivity contribution in [2.75, 3.05) is 19.7 Å². The van der Waals surface area contributed by atoms with Gasteiger partial charge in [0.15, 0.2) is 6.61 Å². The largest absolute Gasteiger partial charge is 0.450 e. The van der Waals surface area contributed by atoms with Crippen LogP contribution in [-0.2, 0) is 9.53 Å². The summed E-state index contributed by atoms with van der Waals surface area (Å²) in [4.78, 5) is 26.6. The fourth-order valence-electron chi connectivity index (χ4n) is 3.84. The molecule has 1 fully saturated rings. The van der Waals surface area contributed by atoms with Gasteiger partial charge in [0.2, 0.25) is 5.76 Å². The lowest BCUT2D eigenvalue weighted by molar-refractivity contribution is -0.136. The van der Waals surface area contributed by atoms with Crippen molar-refractivity contribution in [1.82, 2.24) is 4.90 Å². The molecule has 0 N–H and O–H groups in total. The minimum atomic E-state index is -0.591. The first-order valence-corrected chi connectivity index (χ1v) is 9.40. The molecule has 5 nitrogen and oxygen atoms in total. The number of amides is 1. The molecule has 2 aromatic carbocycles. The number of rotatable bonds is 3. The Kier molecular flexibility index (Phi) is 4.60. The second-order valence-electron chi connectivity index (χ2n) is 7.38. The van der Waals surface area contributed by atoms with Crippen LogP contribution in [0.1, 0.15) is 35.9 Å². The minimum absolute atomic E-state index is 0.144. The van der Waals surface area contributed by atoms with Gasteiger partial charge in [-0.2, -0.15) is 0 Å². The highest BCUT2D eigenvalue weighted by Crippen LogP contribution is 2.32. The summed E-state index contributed by atoms with van der Waals surface area (Å²) in [6, 6.07) is 11.8. The zero-order valence-electron chi connectivity index (χ0n) is 15.7. The van der Waals surface area contributed by atoms with Crippen LogP contribution in [0.4, 0.5) is 0 Å². The molecule has 5 heteroatoms. The molecular formula is C22H23NO4. The summed E-state index contributed by atoms with van der Waals surface area (Å²) >= 11 is 0. The zero-order valence-corrected chi connectivity index (χ0v) is 15.7. The number of carbonyl (C=O) groups excluding carboxylic acids is 2. The number of benzene rings is 2. The van der Waals surface area contributed by atoms with Gasteiger partial charge in [0.1, 0.15) is 5.58 Å². The van der Waals surface area contributed by atoms with Gasteiger partial charge in [0.05, 0.1) is 0 Å². The van der Waals surface area contributed by atoms with Gasteiger partial charge in [-0.25, -0.2) is 4.79 Å². The molecule has 1 aliphatic rings. The molecular weight excluding hydrogens is 342 g/mol. The average molecular weight is 365 g/mol. The minimum Gasteiger partial charge on any atom is -0.450 e. The number of likely N-dealkylation sites (tertiary alicyclic amines) is 1. The van der Waals surface area contributed by atoms with Crippen LogP contribution in [0.15, 0.2) is 40.8 Å². The molecule has 4 rings (SSSR count). The maximum Gasteiger partial charge on any atom is 0.375 e. The average Bonchev–Trinajstić information content (AvgIpc) is 3.03. The maximum atomic E-state index is 12.5. The lowest BCUT2D eigenvalue weighted by Gasteiger charge is -2.30. The summed E-state index contributed by atoms with van der Waals surface area (Å²) in [5.41, 5.74) is 1.41. The Bertz CT molecular complexity index is 1020. The highest BCUT2D eigenvalue weighted by Gasteiger charge is 2.24. The Labute approximate surface area is 157 Å². The highest BCUT2D eigenvalue weighted by atomic mass is 16.5. The van der Waals surface area contributed by atoms with Crippen LogP contribution in [-0.4, -0.2) is 36.5 Å². The van der Waals surface area contributed by atoms with E-state index >= 15 is 0 Å². The predicted octanol–water partition coefficient (Wildman–Crippen LogP) is 4.31. The molecule has 0 unspecified atom stereocenters. The van der Waals surface area contributed by atoms with Crippen LogP contribution < -0.4 is 0 Å². The molecule has 1 aliphatic heterocycles. The standard InChI is InChI=1S/C22H23NO4/c1-14-6-5-11-23(12-14)19(24)13-26-22(25)20-15(2)17-10-9-16-7-3-4-8-18(16)21(17)27-20/h3-4,7-10,14H,5-6,11-13H2,1-2H3/t14-/m1/s1. The Morgan fingerprint density at radius 2 is 2.00 bits per heavy atom. The summed E-state index contributed by atoms with van der Waals surface area (Å²) in [5, 5.41) is 2.89. The third-order valence-corrected chi connectivity index (χ3v) is 5.35. The van der Waals surface area contributed by atoms with Crippen molar-refractivity contribution in [2.45, 2.75) is 26.7 Å². The number of fused-ring (bicyclic) bond motifs is 3. The number of hydrogen-bond donors (Lipinski definition) is 0. The van der Waals surface area contributed by atoms with E-state index in [2.05, 4.69) is 6.92 Å². The first-order chi connectivity index (χ1) is 13.0. The van der Waals surface area contributed by atoms with E-state index in [0.29, 0.717) is 11.5 Å². The number of piperidine rings is 1. The van der Waals surface area contributed by atoms with E-state index in [1.807, 2.05) is 43.3 Å². The van der Waals surface area contributed by atoms with Gasteiger partial charge in [0, 0.05) is 29.4 Å². The van der Waals surface area contributed by atoms with Crippen molar-refractivity contribution in [2.24, 2.45) is 5.92 Å². The van der Waals surface area contributed by atoms with Crippen molar-refractivity contribution >= 4 is 33.6 Å². The summed E-state index contributed by atoms with van der Waals surface area (Å²) < 4.78 is 11.1.